The third kappa shape index (κ3) is 2.86. The zero-order chi connectivity index (χ0) is 19.0. The van der Waals surface area contributed by atoms with Gasteiger partial charge >= 0.3 is 5.97 Å². The molecule has 1 atom stereocenters. The van der Waals surface area contributed by atoms with Crippen molar-refractivity contribution in [3.8, 4) is 5.75 Å². The normalized spacial score (nSPS) is 16.1. The standard InChI is InChI=1S/C19H19ClN2O4/c1-4-22-10(2)9-13-15(18(22)23)14(11-5-7-12(20)8-6-11)16(17(21)26-13)19(24)25-3/h5-9,14H,4,21H2,1-3H3/t14-/m1/s1. The fourth-order valence-corrected chi connectivity index (χ4v) is 3.40. The highest BCUT2D eigenvalue weighted by molar-refractivity contribution is 6.30. The van der Waals surface area contributed by atoms with Crippen molar-refractivity contribution in [3.63, 3.8) is 0 Å². The number of rotatable bonds is 3. The number of ether oxygens (including phenoxy) is 2. The molecule has 6 nitrogen and oxygen atoms in total. The number of benzene rings is 1. The second kappa shape index (κ2) is 6.88. The number of aromatic nitrogens is 1. The summed E-state index contributed by atoms with van der Waals surface area (Å²) in [5, 5.41) is 0.549. The number of nitrogens with two attached hydrogens (primary N) is 1. The number of halogens is 1. The number of fused-ring (bicyclic) bond motifs is 1. The van der Waals surface area contributed by atoms with E-state index in [4.69, 9.17) is 26.8 Å². The van der Waals surface area contributed by atoms with Crippen LogP contribution in [0.4, 0.5) is 0 Å². The van der Waals surface area contributed by atoms with E-state index in [1.54, 1.807) is 34.9 Å². The van der Waals surface area contributed by atoms with Gasteiger partial charge in [-0.25, -0.2) is 4.79 Å². The summed E-state index contributed by atoms with van der Waals surface area (Å²) < 4.78 is 12.1. The van der Waals surface area contributed by atoms with Crippen LogP contribution < -0.4 is 16.0 Å². The molecule has 0 saturated heterocycles. The van der Waals surface area contributed by atoms with Gasteiger partial charge < -0.3 is 19.8 Å². The van der Waals surface area contributed by atoms with E-state index in [0.717, 1.165) is 5.69 Å². The van der Waals surface area contributed by atoms with Crippen LogP contribution in [-0.4, -0.2) is 17.6 Å². The highest BCUT2D eigenvalue weighted by Gasteiger charge is 2.38. The molecule has 0 unspecified atom stereocenters. The van der Waals surface area contributed by atoms with Crippen molar-refractivity contribution in [2.75, 3.05) is 7.11 Å². The van der Waals surface area contributed by atoms with Gasteiger partial charge in [0.15, 0.2) is 0 Å². The molecule has 0 radical (unpaired) electrons. The van der Waals surface area contributed by atoms with Gasteiger partial charge in [-0.1, -0.05) is 23.7 Å². The number of hydrogen-bond acceptors (Lipinski definition) is 5. The number of pyridine rings is 1. The minimum Gasteiger partial charge on any atom is -0.465 e. The first-order valence-electron chi connectivity index (χ1n) is 8.14. The molecule has 2 N–H and O–H groups in total. The van der Waals surface area contributed by atoms with Crippen molar-refractivity contribution in [1.29, 1.82) is 0 Å². The maximum atomic E-state index is 13.1. The Bertz CT molecular complexity index is 961. The average molecular weight is 375 g/mol. The topological polar surface area (TPSA) is 83.5 Å². The average Bonchev–Trinajstić information content (AvgIpc) is 2.61. The second-order valence-electron chi connectivity index (χ2n) is 5.97. The quantitative estimate of drug-likeness (QED) is 0.835. The lowest BCUT2D eigenvalue weighted by molar-refractivity contribution is -0.136. The van der Waals surface area contributed by atoms with Crippen LogP contribution in [0, 0.1) is 6.92 Å². The van der Waals surface area contributed by atoms with Crippen molar-refractivity contribution >= 4 is 17.6 Å². The first-order valence-corrected chi connectivity index (χ1v) is 8.52. The first kappa shape index (κ1) is 18.1. The molecule has 2 aromatic rings. The molecule has 0 fully saturated rings. The van der Waals surface area contributed by atoms with Crippen LogP contribution in [0.5, 0.6) is 5.75 Å². The van der Waals surface area contributed by atoms with E-state index >= 15 is 0 Å². The van der Waals surface area contributed by atoms with Crippen molar-refractivity contribution < 1.29 is 14.3 Å². The molecule has 1 aliphatic heterocycles. The largest absolute Gasteiger partial charge is 0.465 e. The molecule has 0 aliphatic carbocycles. The minimum atomic E-state index is -0.700. The number of hydrogen-bond donors (Lipinski definition) is 1. The predicted molar refractivity (Wildman–Crippen MR) is 98.3 cm³/mol. The van der Waals surface area contributed by atoms with Gasteiger partial charge in [-0.05, 0) is 31.5 Å². The van der Waals surface area contributed by atoms with Crippen molar-refractivity contribution in [1.82, 2.24) is 4.57 Å². The molecule has 136 valence electrons. The molecule has 0 bridgehead atoms. The molecule has 0 saturated carbocycles. The molecule has 0 spiro atoms. The van der Waals surface area contributed by atoms with Gasteiger partial charge in [-0.15, -0.1) is 0 Å². The van der Waals surface area contributed by atoms with Crippen LogP contribution in [0.3, 0.4) is 0 Å². The number of esters is 1. The summed E-state index contributed by atoms with van der Waals surface area (Å²) in [6.07, 6.45) is 0. The van der Waals surface area contributed by atoms with Crippen LogP contribution in [-0.2, 0) is 16.1 Å². The summed E-state index contributed by atoms with van der Waals surface area (Å²) in [7, 11) is 1.26. The molecule has 0 amide bonds. The second-order valence-corrected chi connectivity index (χ2v) is 6.41. The molecule has 1 aromatic heterocycles. The fraction of sp³-hybridized carbons (Fsp3) is 0.263. The van der Waals surface area contributed by atoms with Crippen molar-refractivity contribution in [2.24, 2.45) is 5.73 Å². The molecular formula is C19H19ClN2O4. The van der Waals surface area contributed by atoms with E-state index < -0.39 is 11.9 Å². The van der Waals surface area contributed by atoms with Crippen LogP contribution in [0.1, 0.15) is 29.7 Å². The number of carbonyl (C=O) groups is 1. The Labute approximate surface area is 155 Å². The lowest BCUT2D eigenvalue weighted by Gasteiger charge is -2.28. The Morgan fingerprint density at radius 2 is 2.00 bits per heavy atom. The zero-order valence-electron chi connectivity index (χ0n) is 14.7. The third-order valence-electron chi connectivity index (χ3n) is 4.49. The molecule has 3 rings (SSSR count). The summed E-state index contributed by atoms with van der Waals surface area (Å²) >= 11 is 5.99. The lowest BCUT2D eigenvalue weighted by Crippen LogP contribution is -2.34. The van der Waals surface area contributed by atoms with Gasteiger partial charge in [0.2, 0.25) is 5.88 Å². The predicted octanol–water partition coefficient (Wildman–Crippen LogP) is 2.70. The van der Waals surface area contributed by atoms with E-state index in [1.807, 2.05) is 13.8 Å². The van der Waals surface area contributed by atoms with Crippen LogP contribution in [0.15, 0.2) is 46.6 Å². The molecular weight excluding hydrogens is 356 g/mol. The summed E-state index contributed by atoms with van der Waals surface area (Å²) in [6, 6.07) is 8.67. The number of aryl methyl sites for hydroxylation is 1. The Hall–Kier alpha value is -2.73. The minimum absolute atomic E-state index is 0.0719. The summed E-state index contributed by atoms with van der Waals surface area (Å²) in [4.78, 5) is 25.5. The lowest BCUT2D eigenvalue weighted by atomic mass is 9.83. The van der Waals surface area contributed by atoms with Crippen molar-refractivity contribution in [2.45, 2.75) is 26.3 Å². The summed E-state index contributed by atoms with van der Waals surface area (Å²) in [5.41, 5.74) is 7.70. The highest BCUT2D eigenvalue weighted by Crippen LogP contribution is 2.41. The van der Waals surface area contributed by atoms with E-state index in [9.17, 15) is 9.59 Å². The summed E-state index contributed by atoms with van der Waals surface area (Å²) in [6.45, 7) is 4.20. The molecule has 7 heteroatoms. The smallest absolute Gasteiger partial charge is 0.340 e. The Balaban J connectivity index is 2.34. The van der Waals surface area contributed by atoms with Gasteiger partial charge in [-0.3, -0.25) is 4.79 Å². The molecule has 1 aliphatic rings. The van der Waals surface area contributed by atoms with E-state index in [1.165, 1.54) is 7.11 Å². The van der Waals surface area contributed by atoms with Gasteiger partial charge in [0, 0.05) is 23.3 Å². The van der Waals surface area contributed by atoms with E-state index in [0.29, 0.717) is 28.4 Å². The molecule has 26 heavy (non-hydrogen) atoms. The van der Waals surface area contributed by atoms with Gasteiger partial charge in [0.1, 0.15) is 11.3 Å². The molecule has 1 aromatic carbocycles. The Morgan fingerprint density at radius 1 is 1.35 bits per heavy atom. The fourth-order valence-electron chi connectivity index (χ4n) is 3.28. The Kier molecular flexibility index (Phi) is 4.78. The first-order chi connectivity index (χ1) is 12.4. The summed E-state index contributed by atoms with van der Waals surface area (Å²) in [5.74, 6) is -1.06. The number of carbonyl (C=O) groups excluding carboxylic acids is 1. The van der Waals surface area contributed by atoms with E-state index in [-0.39, 0.29) is 17.0 Å². The SMILES string of the molecule is CCn1c(C)cc2c(c1=O)[C@@H](c1ccc(Cl)cc1)C(C(=O)OC)=C(N)O2. The van der Waals surface area contributed by atoms with Crippen molar-refractivity contribution in [3.05, 3.63) is 74.0 Å². The van der Waals surface area contributed by atoms with Crippen LogP contribution in [0.2, 0.25) is 5.02 Å². The van der Waals surface area contributed by atoms with Gasteiger partial charge in [0.25, 0.3) is 5.56 Å². The monoisotopic (exact) mass is 374 g/mol. The van der Waals surface area contributed by atoms with Crippen LogP contribution in [0.25, 0.3) is 0 Å². The van der Waals surface area contributed by atoms with Gasteiger partial charge in [-0.2, -0.15) is 0 Å². The molecule has 2 heterocycles. The maximum Gasteiger partial charge on any atom is 0.340 e. The van der Waals surface area contributed by atoms with E-state index in [2.05, 4.69) is 0 Å². The van der Waals surface area contributed by atoms with Gasteiger partial charge in [0.05, 0.1) is 18.6 Å². The zero-order valence-corrected chi connectivity index (χ0v) is 15.5. The third-order valence-corrected chi connectivity index (χ3v) is 4.75. The van der Waals surface area contributed by atoms with Crippen LogP contribution >= 0.6 is 11.6 Å². The highest BCUT2D eigenvalue weighted by atomic mass is 35.5. The number of methoxy groups -OCH3 is 1. The maximum absolute atomic E-state index is 13.1. The number of nitrogens with zero attached hydrogens (tertiary/aromatic N) is 1. The Morgan fingerprint density at radius 3 is 2.58 bits per heavy atom.